The van der Waals surface area contributed by atoms with E-state index in [4.69, 9.17) is 0 Å². The molecule has 0 bridgehead atoms. The van der Waals surface area contributed by atoms with Gasteiger partial charge >= 0.3 is 6.18 Å². The Hall–Kier alpha value is -1.97. The summed E-state index contributed by atoms with van der Waals surface area (Å²) in [6.07, 6.45) is -2.62. The SMILES string of the molecule is Cc1cc(S(C)(=O)=O)nc(-n2ccc(C(F)(F)F)n2)n1. The van der Waals surface area contributed by atoms with Crippen molar-refractivity contribution < 1.29 is 21.6 Å². The van der Waals surface area contributed by atoms with Gasteiger partial charge in [-0.3, -0.25) is 0 Å². The van der Waals surface area contributed by atoms with Crippen LogP contribution in [-0.2, 0) is 16.0 Å². The first-order valence-corrected chi connectivity index (χ1v) is 7.15. The van der Waals surface area contributed by atoms with Crippen LogP contribution in [0.1, 0.15) is 11.4 Å². The second-order valence-electron chi connectivity index (χ2n) is 4.06. The van der Waals surface area contributed by atoms with E-state index in [1.165, 1.54) is 13.0 Å². The zero-order chi connectivity index (χ0) is 15.1. The molecule has 0 spiro atoms. The fourth-order valence-corrected chi connectivity index (χ4v) is 2.04. The lowest BCUT2D eigenvalue weighted by molar-refractivity contribution is -0.141. The van der Waals surface area contributed by atoms with Crippen LogP contribution in [0.15, 0.2) is 23.4 Å². The van der Waals surface area contributed by atoms with E-state index in [1.54, 1.807) is 0 Å². The van der Waals surface area contributed by atoms with Crippen molar-refractivity contribution in [2.24, 2.45) is 0 Å². The van der Waals surface area contributed by atoms with Gasteiger partial charge in [0.1, 0.15) is 0 Å². The number of nitrogens with zero attached hydrogens (tertiary/aromatic N) is 4. The maximum Gasteiger partial charge on any atom is 0.435 e. The minimum absolute atomic E-state index is 0.235. The van der Waals surface area contributed by atoms with Crippen LogP contribution in [0.3, 0.4) is 0 Å². The Labute approximate surface area is 112 Å². The Morgan fingerprint density at radius 2 is 1.90 bits per heavy atom. The van der Waals surface area contributed by atoms with Gasteiger partial charge in [0.15, 0.2) is 20.6 Å². The number of aryl methyl sites for hydroxylation is 1. The average molecular weight is 306 g/mol. The summed E-state index contributed by atoms with van der Waals surface area (Å²) in [5, 5.41) is 3.01. The maximum atomic E-state index is 12.5. The lowest BCUT2D eigenvalue weighted by atomic mass is 10.4. The van der Waals surface area contributed by atoms with E-state index in [1.807, 2.05) is 0 Å². The molecule has 0 saturated carbocycles. The molecular weight excluding hydrogens is 297 g/mol. The van der Waals surface area contributed by atoms with Gasteiger partial charge in [-0.05, 0) is 19.1 Å². The first kappa shape index (κ1) is 14.4. The van der Waals surface area contributed by atoms with Crippen molar-refractivity contribution in [3.05, 3.63) is 29.7 Å². The van der Waals surface area contributed by atoms with E-state index in [9.17, 15) is 21.6 Å². The van der Waals surface area contributed by atoms with Crippen LogP contribution in [0.25, 0.3) is 5.95 Å². The second-order valence-corrected chi connectivity index (χ2v) is 6.03. The van der Waals surface area contributed by atoms with Crippen molar-refractivity contribution in [1.82, 2.24) is 19.7 Å². The third-order valence-electron chi connectivity index (χ3n) is 2.28. The highest BCUT2D eigenvalue weighted by Crippen LogP contribution is 2.27. The van der Waals surface area contributed by atoms with E-state index >= 15 is 0 Å². The minimum Gasteiger partial charge on any atom is -0.222 e. The van der Waals surface area contributed by atoms with Crippen LogP contribution in [0.4, 0.5) is 13.2 Å². The number of halogens is 3. The molecule has 0 fully saturated rings. The molecule has 0 atom stereocenters. The summed E-state index contributed by atoms with van der Waals surface area (Å²) in [6.45, 7) is 1.51. The molecule has 6 nitrogen and oxygen atoms in total. The number of alkyl halides is 3. The molecule has 2 aromatic heterocycles. The van der Waals surface area contributed by atoms with E-state index in [0.717, 1.165) is 23.2 Å². The average Bonchev–Trinajstić information content (AvgIpc) is 2.75. The molecule has 20 heavy (non-hydrogen) atoms. The Morgan fingerprint density at radius 1 is 1.25 bits per heavy atom. The smallest absolute Gasteiger partial charge is 0.222 e. The van der Waals surface area contributed by atoms with Crippen LogP contribution in [0.5, 0.6) is 0 Å². The van der Waals surface area contributed by atoms with Crippen molar-refractivity contribution in [1.29, 1.82) is 0 Å². The normalized spacial score (nSPS) is 12.7. The molecule has 10 heteroatoms. The molecule has 0 aromatic carbocycles. The van der Waals surface area contributed by atoms with Crippen LogP contribution in [-0.4, -0.2) is 34.4 Å². The number of rotatable bonds is 2. The summed E-state index contributed by atoms with van der Waals surface area (Å²) < 4.78 is 61.0. The van der Waals surface area contributed by atoms with Crippen LogP contribution >= 0.6 is 0 Å². The summed E-state index contributed by atoms with van der Waals surface area (Å²) in [5.74, 6) is -0.235. The van der Waals surface area contributed by atoms with Crippen LogP contribution < -0.4 is 0 Å². The molecule has 2 aromatic rings. The highest BCUT2D eigenvalue weighted by Gasteiger charge is 2.33. The Kier molecular flexibility index (Phi) is 3.28. The van der Waals surface area contributed by atoms with E-state index < -0.39 is 21.7 Å². The van der Waals surface area contributed by atoms with E-state index in [-0.39, 0.29) is 11.0 Å². The molecule has 2 rings (SSSR count). The molecule has 0 unspecified atom stereocenters. The fourth-order valence-electron chi connectivity index (χ4n) is 1.40. The van der Waals surface area contributed by atoms with Crippen molar-refractivity contribution in [2.45, 2.75) is 18.1 Å². The van der Waals surface area contributed by atoms with Gasteiger partial charge < -0.3 is 0 Å². The number of hydrogen-bond donors (Lipinski definition) is 0. The van der Waals surface area contributed by atoms with Crippen molar-refractivity contribution in [2.75, 3.05) is 6.26 Å². The Balaban J connectivity index is 2.54. The molecule has 2 heterocycles. The first-order chi connectivity index (χ1) is 9.07. The summed E-state index contributed by atoms with van der Waals surface area (Å²) in [7, 11) is -3.59. The van der Waals surface area contributed by atoms with E-state index in [2.05, 4.69) is 15.1 Å². The van der Waals surface area contributed by atoms with Gasteiger partial charge in [0.05, 0.1) is 0 Å². The Morgan fingerprint density at radius 3 is 2.40 bits per heavy atom. The molecule has 0 N–H and O–H groups in total. The van der Waals surface area contributed by atoms with E-state index in [0.29, 0.717) is 5.69 Å². The monoisotopic (exact) mass is 306 g/mol. The van der Waals surface area contributed by atoms with Crippen molar-refractivity contribution >= 4 is 9.84 Å². The molecular formula is C10H9F3N4O2S. The predicted octanol–water partition coefficient (Wildman–Crippen LogP) is 1.39. The summed E-state index contributed by atoms with van der Waals surface area (Å²) >= 11 is 0. The molecule has 0 saturated heterocycles. The predicted molar refractivity (Wildman–Crippen MR) is 62.0 cm³/mol. The topological polar surface area (TPSA) is 77.7 Å². The van der Waals surface area contributed by atoms with Gasteiger partial charge in [-0.1, -0.05) is 0 Å². The van der Waals surface area contributed by atoms with Gasteiger partial charge in [-0.25, -0.2) is 18.1 Å². The highest BCUT2D eigenvalue weighted by molar-refractivity contribution is 7.90. The minimum atomic E-state index is -4.59. The molecule has 0 aliphatic carbocycles. The van der Waals surface area contributed by atoms with Crippen molar-refractivity contribution in [3.63, 3.8) is 0 Å². The molecule has 0 aliphatic rings. The number of hydrogen-bond acceptors (Lipinski definition) is 5. The van der Waals surface area contributed by atoms with Crippen molar-refractivity contribution in [3.8, 4) is 5.95 Å². The van der Waals surface area contributed by atoms with Crippen LogP contribution in [0.2, 0.25) is 0 Å². The second kappa shape index (κ2) is 4.54. The summed E-state index contributed by atoms with van der Waals surface area (Å²) in [5.41, 5.74) is -0.803. The van der Waals surface area contributed by atoms with Gasteiger partial charge in [-0.2, -0.15) is 23.3 Å². The zero-order valence-electron chi connectivity index (χ0n) is 10.4. The first-order valence-electron chi connectivity index (χ1n) is 5.26. The van der Waals surface area contributed by atoms with Crippen LogP contribution in [0, 0.1) is 6.92 Å². The number of sulfone groups is 1. The zero-order valence-corrected chi connectivity index (χ0v) is 11.2. The van der Waals surface area contributed by atoms with Gasteiger partial charge in [0.2, 0.25) is 0 Å². The summed E-state index contributed by atoms with van der Waals surface area (Å²) in [6, 6.07) is 1.98. The number of aromatic nitrogens is 4. The maximum absolute atomic E-state index is 12.5. The quantitative estimate of drug-likeness (QED) is 0.784. The Bertz CT molecular complexity index is 752. The van der Waals surface area contributed by atoms with Gasteiger partial charge in [0.25, 0.3) is 5.95 Å². The third-order valence-corrected chi connectivity index (χ3v) is 3.25. The lowest BCUT2D eigenvalue weighted by Crippen LogP contribution is -2.11. The highest BCUT2D eigenvalue weighted by atomic mass is 32.2. The molecule has 0 radical (unpaired) electrons. The lowest BCUT2D eigenvalue weighted by Gasteiger charge is -2.05. The molecule has 0 aliphatic heterocycles. The molecule has 108 valence electrons. The fraction of sp³-hybridized carbons (Fsp3) is 0.300. The van der Waals surface area contributed by atoms with Gasteiger partial charge in [-0.15, -0.1) is 0 Å². The largest absolute Gasteiger partial charge is 0.435 e. The standard InChI is InChI=1S/C10H9F3N4O2S/c1-6-5-8(20(2,18)19)15-9(14-6)17-4-3-7(16-17)10(11,12)13/h3-5H,1-2H3. The third kappa shape index (κ3) is 2.95. The molecule has 0 amide bonds. The summed E-state index contributed by atoms with van der Waals surface area (Å²) in [4.78, 5) is 7.58. The van der Waals surface area contributed by atoms with Gasteiger partial charge in [0, 0.05) is 18.1 Å².